The van der Waals surface area contributed by atoms with Crippen LogP contribution in [0.5, 0.6) is 0 Å². The fourth-order valence-electron chi connectivity index (χ4n) is 2.42. The van der Waals surface area contributed by atoms with Crippen molar-refractivity contribution < 1.29 is 4.92 Å². The molecular formula is C11H18N6O2. The van der Waals surface area contributed by atoms with Gasteiger partial charge in [-0.3, -0.25) is 10.1 Å². The zero-order valence-corrected chi connectivity index (χ0v) is 10.9. The van der Waals surface area contributed by atoms with Crippen molar-refractivity contribution in [3.8, 4) is 0 Å². The summed E-state index contributed by atoms with van der Waals surface area (Å²) in [5, 5.41) is 11.0. The first-order valence-corrected chi connectivity index (χ1v) is 6.22. The van der Waals surface area contributed by atoms with Crippen molar-refractivity contribution >= 4 is 17.5 Å². The summed E-state index contributed by atoms with van der Waals surface area (Å²) in [7, 11) is 2.07. The van der Waals surface area contributed by atoms with Crippen molar-refractivity contribution in [2.75, 3.05) is 31.6 Å². The van der Waals surface area contributed by atoms with Gasteiger partial charge in [-0.1, -0.05) is 0 Å². The van der Waals surface area contributed by atoms with Gasteiger partial charge in [0.15, 0.2) is 0 Å². The number of hydrogen-bond donors (Lipinski definition) is 2. The zero-order chi connectivity index (χ0) is 14.0. The highest BCUT2D eigenvalue weighted by molar-refractivity contribution is 5.57. The molecule has 8 nitrogen and oxygen atoms in total. The van der Waals surface area contributed by atoms with E-state index < -0.39 is 4.92 Å². The van der Waals surface area contributed by atoms with Crippen molar-refractivity contribution in [3.05, 3.63) is 15.8 Å². The predicted molar refractivity (Wildman–Crippen MR) is 71.4 cm³/mol. The molecule has 0 spiro atoms. The number of likely N-dealkylation sites (tertiary alicyclic amines) is 1. The minimum Gasteiger partial charge on any atom is -0.378 e. The lowest BCUT2D eigenvalue weighted by Gasteiger charge is -2.28. The molecule has 1 aromatic rings. The van der Waals surface area contributed by atoms with Gasteiger partial charge in [0.2, 0.25) is 11.8 Å². The van der Waals surface area contributed by atoms with Gasteiger partial charge in [0, 0.05) is 0 Å². The van der Waals surface area contributed by atoms with E-state index in [2.05, 4.69) is 21.9 Å². The average Bonchev–Trinajstić information content (AvgIpc) is 2.30. The molecule has 0 radical (unpaired) electrons. The molecule has 0 atom stereocenters. The monoisotopic (exact) mass is 266 g/mol. The molecular weight excluding hydrogens is 248 g/mol. The summed E-state index contributed by atoms with van der Waals surface area (Å²) >= 11 is 0. The van der Waals surface area contributed by atoms with E-state index in [4.69, 9.17) is 11.5 Å². The number of nitrogens with zero attached hydrogens (tertiary/aromatic N) is 4. The Labute approximate surface area is 111 Å². The Morgan fingerprint density at radius 1 is 1.37 bits per heavy atom. The lowest BCUT2D eigenvalue weighted by atomic mass is 9.92. The standard InChI is InChI=1S/C11H18N6O2/c1-16-4-2-7(3-5-16)6-8-9(17(18)19)10(12)15-11(13)14-8/h7H,2-6H2,1H3,(H4,12,13,14,15). The molecule has 0 amide bonds. The summed E-state index contributed by atoms with van der Waals surface area (Å²) in [5.41, 5.74) is 11.2. The quantitative estimate of drug-likeness (QED) is 0.600. The van der Waals surface area contributed by atoms with Gasteiger partial charge < -0.3 is 16.4 Å². The van der Waals surface area contributed by atoms with Crippen LogP contribution in [0.3, 0.4) is 0 Å². The number of hydrogen-bond acceptors (Lipinski definition) is 7. The molecule has 8 heteroatoms. The summed E-state index contributed by atoms with van der Waals surface area (Å²) in [5.74, 6) is 0.218. The Balaban J connectivity index is 2.21. The maximum absolute atomic E-state index is 11.0. The largest absolute Gasteiger partial charge is 0.378 e. The van der Waals surface area contributed by atoms with Crippen LogP contribution in [0.1, 0.15) is 18.5 Å². The first-order chi connectivity index (χ1) is 8.97. The van der Waals surface area contributed by atoms with Crippen LogP contribution in [0.25, 0.3) is 0 Å². The number of nitro groups is 1. The molecule has 2 rings (SSSR count). The summed E-state index contributed by atoms with van der Waals surface area (Å²) in [4.78, 5) is 20.4. The SMILES string of the molecule is CN1CCC(Cc2nc(N)nc(N)c2[N+](=O)[O-])CC1. The predicted octanol–water partition coefficient (Wildman–Crippen LogP) is 0.434. The molecule has 19 heavy (non-hydrogen) atoms. The Kier molecular flexibility index (Phi) is 3.79. The topological polar surface area (TPSA) is 124 Å². The summed E-state index contributed by atoms with van der Waals surface area (Å²) in [6, 6.07) is 0. The highest BCUT2D eigenvalue weighted by Gasteiger charge is 2.26. The van der Waals surface area contributed by atoms with E-state index in [-0.39, 0.29) is 17.5 Å². The van der Waals surface area contributed by atoms with Gasteiger partial charge in [0.05, 0.1) is 4.92 Å². The molecule has 2 heterocycles. The molecule has 0 aliphatic carbocycles. The molecule has 4 N–H and O–H groups in total. The van der Waals surface area contributed by atoms with Crippen molar-refractivity contribution in [2.24, 2.45) is 5.92 Å². The zero-order valence-electron chi connectivity index (χ0n) is 10.9. The smallest absolute Gasteiger partial charge is 0.332 e. The van der Waals surface area contributed by atoms with Crippen LogP contribution in [-0.4, -0.2) is 39.9 Å². The fourth-order valence-corrected chi connectivity index (χ4v) is 2.42. The second-order valence-corrected chi connectivity index (χ2v) is 4.97. The molecule has 0 saturated carbocycles. The van der Waals surface area contributed by atoms with E-state index in [9.17, 15) is 10.1 Å². The maximum Gasteiger partial charge on any atom is 0.332 e. The van der Waals surface area contributed by atoms with Crippen LogP contribution >= 0.6 is 0 Å². The molecule has 0 bridgehead atoms. The number of piperidine rings is 1. The minimum atomic E-state index is -0.529. The van der Waals surface area contributed by atoms with E-state index in [1.807, 2.05) is 0 Å². The van der Waals surface area contributed by atoms with Crippen LogP contribution in [0.2, 0.25) is 0 Å². The first kappa shape index (κ1) is 13.5. The van der Waals surface area contributed by atoms with Gasteiger partial charge in [-0.05, 0) is 45.3 Å². The number of nitrogens with two attached hydrogens (primary N) is 2. The van der Waals surface area contributed by atoms with E-state index >= 15 is 0 Å². The molecule has 1 fully saturated rings. The molecule has 1 aliphatic heterocycles. The van der Waals surface area contributed by atoms with Gasteiger partial charge in [-0.15, -0.1) is 0 Å². The molecule has 104 valence electrons. The van der Waals surface area contributed by atoms with Gasteiger partial charge in [-0.2, -0.15) is 4.98 Å². The maximum atomic E-state index is 11.0. The highest BCUT2D eigenvalue weighted by atomic mass is 16.6. The minimum absolute atomic E-state index is 0.00831. The Bertz CT molecular complexity index is 484. The van der Waals surface area contributed by atoms with Crippen LogP contribution in [0.15, 0.2) is 0 Å². The Morgan fingerprint density at radius 2 is 2.00 bits per heavy atom. The lowest BCUT2D eigenvalue weighted by molar-refractivity contribution is -0.385. The van der Waals surface area contributed by atoms with Crippen LogP contribution in [0.4, 0.5) is 17.5 Å². The van der Waals surface area contributed by atoms with Crippen molar-refractivity contribution in [3.63, 3.8) is 0 Å². The van der Waals surface area contributed by atoms with Gasteiger partial charge >= 0.3 is 5.69 Å². The molecule has 1 aliphatic rings. The fraction of sp³-hybridized carbons (Fsp3) is 0.636. The van der Waals surface area contributed by atoms with Gasteiger partial charge in [-0.25, -0.2) is 4.98 Å². The van der Waals surface area contributed by atoms with Crippen molar-refractivity contribution in [1.82, 2.24) is 14.9 Å². The van der Waals surface area contributed by atoms with Crippen LogP contribution < -0.4 is 11.5 Å². The number of anilines is 2. The van der Waals surface area contributed by atoms with Crippen LogP contribution in [0, 0.1) is 16.0 Å². The third-order valence-corrected chi connectivity index (χ3v) is 3.50. The second-order valence-electron chi connectivity index (χ2n) is 4.97. The van der Waals surface area contributed by atoms with Crippen molar-refractivity contribution in [2.45, 2.75) is 19.3 Å². The van der Waals surface area contributed by atoms with E-state index in [1.54, 1.807) is 0 Å². The van der Waals surface area contributed by atoms with Gasteiger partial charge in [0.25, 0.3) is 0 Å². The normalized spacial score (nSPS) is 17.5. The third kappa shape index (κ3) is 3.08. The van der Waals surface area contributed by atoms with Crippen molar-refractivity contribution in [1.29, 1.82) is 0 Å². The van der Waals surface area contributed by atoms with E-state index in [0.717, 1.165) is 25.9 Å². The summed E-state index contributed by atoms with van der Waals surface area (Å²) in [6.07, 6.45) is 2.52. The number of nitrogen functional groups attached to an aromatic ring is 2. The summed E-state index contributed by atoms with van der Waals surface area (Å²) < 4.78 is 0. The molecule has 0 unspecified atom stereocenters. The Hall–Kier alpha value is -1.96. The van der Waals surface area contributed by atoms with Crippen LogP contribution in [-0.2, 0) is 6.42 Å². The number of aromatic nitrogens is 2. The first-order valence-electron chi connectivity index (χ1n) is 6.22. The lowest BCUT2D eigenvalue weighted by Crippen LogP contribution is -2.31. The Morgan fingerprint density at radius 3 is 2.58 bits per heavy atom. The average molecular weight is 266 g/mol. The third-order valence-electron chi connectivity index (χ3n) is 3.50. The van der Waals surface area contributed by atoms with E-state index in [1.165, 1.54) is 0 Å². The summed E-state index contributed by atoms with van der Waals surface area (Å²) in [6.45, 7) is 1.99. The highest BCUT2D eigenvalue weighted by Crippen LogP contribution is 2.28. The van der Waals surface area contributed by atoms with Gasteiger partial charge in [0.1, 0.15) is 5.69 Å². The van der Waals surface area contributed by atoms with E-state index in [0.29, 0.717) is 18.0 Å². The molecule has 0 aromatic carbocycles. The second kappa shape index (κ2) is 5.35. The number of rotatable bonds is 3. The molecule has 1 saturated heterocycles. The molecule has 1 aromatic heterocycles.